The minimum atomic E-state index is -3.51. The molecule has 0 radical (unpaired) electrons. The number of sulfonamides is 1. The predicted octanol–water partition coefficient (Wildman–Crippen LogP) is 18.4. The number of hydroxylamine groups is 1. The average molecular weight is 1560 g/mol. The highest BCUT2D eigenvalue weighted by Gasteiger charge is 2.20. The zero-order chi connectivity index (χ0) is 74.5. The van der Waals surface area contributed by atoms with Crippen molar-refractivity contribution in [1.29, 1.82) is 10.5 Å². The molecule has 0 saturated heterocycles. The molecule has 1 amide bonds. The summed E-state index contributed by atoms with van der Waals surface area (Å²) < 4.78 is 112. The van der Waals surface area contributed by atoms with Crippen LogP contribution >= 0.6 is 92.8 Å². The molecule has 0 aliphatic rings. The van der Waals surface area contributed by atoms with Gasteiger partial charge in [-0.05, 0) is 79.7 Å². The van der Waals surface area contributed by atoms with Crippen LogP contribution in [0.25, 0.3) is 21.9 Å². The van der Waals surface area contributed by atoms with Gasteiger partial charge in [-0.3, -0.25) is 14.7 Å². The van der Waals surface area contributed by atoms with E-state index in [-0.39, 0.29) is 101 Å². The lowest BCUT2D eigenvalue weighted by molar-refractivity contribution is -0.126. The van der Waals surface area contributed by atoms with E-state index >= 15 is 0 Å². The van der Waals surface area contributed by atoms with Crippen LogP contribution in [-0.2, 0) is 14.8 Å². The fraction of sp³-hybridized carbons (Fsp3) is 0.222. The lowest BCUT2D eigenvalue weighted by Gasteiger charge is -2.12. The first kappa shape index (κ1) is 81.6. The summed E-state index contributed by atoms with van der Waals surface area (Å²) in [6.45, 7) is 16.2. The van der Waals surface area contributed by atoms with E-state index in [4.69, 9.17) is 162 Å². The fourth-order valence-electron chi connectivity index (χ4n) is 7.03. The van der Waals surface area contributed by atoms with Crippen LogP contribution in [0.5, 0.6) is 63.8 Å². The maximum atomic E-state index is 13.6. The number of pyridine rings is 4. The van der Waals surface area contributed by atoms with Crippen LogP contribution in [0.2, 0.25) is 40.2 Å². The van der Waals surface area contributed by atoms with Gasteiger partial charge in [-0.15, -0.1) is 0 Å². The first-order valence-corrected chi connectivity index (χ1v) is 33.2. The van der Waals surface area contributed by atoms with E-state index in [1.165, 1.54) is 73.6 Å². The zero-order valence-corrected chi connectivity index (χ0v) is 60.4. The number of amides is 1. The summed E-state index contributed by atoms with van der Waals surface area (Å²) in [5.41, 5.74) is 7.42. The standard InChI is InChI=1S/C16H15Cl2N3O5S.C15H11Cl2FN2O2.C15H13Cl2N3O3.C8H10ClNO2.C7H2ClF2N.C2H5NO2/c1-8(2)24-16-12(18)4-9(7-19-16)25-14-6-13-10(5-11(14)17)15(20-26-13)21-27(3,22)23;1-8(2)21-15-12(17)4-10(7-20-15)22-14-5-13(18)9(6-19)3-11(14)16;1-7(2)21-15-11(17)3-8(6-19-15)22-13-5-12-9(4-10(13)16)14(18)20-23-12;1-5(2)12-8-7(9)3-6(11)4-10-8;8-5-1-4(3-11)6(9)2-7(5)10;1-2(4)3-5/h4-8H,1-3H3,(H,20,21);3-5,7-8H,1-2H3;3-7H,1-2H3,(H2,18,20);3-5,11H,1-2H3;1-2H;5H,1H3,(H,3,4). The molecule has 6 heterocycles. The Morgan fingerprint density at radius 3 is 1.25 bits per heavy atom. The number of carbonyl (C=O) groups excluding carboxylic acids is 1. The minimum absolute atomic E-state index is 0.0273. The summed E-state index contributed by atoms with van der Waals surface area (Å²) in [5, 5.41) is 43.6. The molecule has 530 valence electrons. The lowest BCUT2D eigenvalue weighted by atomic mass is 10.2. The molecular weight excluding hydrogens is 1510 g/mol. The van der Waals surface area contributed by atoms with Gasteiger partial charge in [0.05, 0.1) is 97.4 Å². The number of ether oxygens (including phenoxy) is 7. The molecule has 0 atom stereocenters. The van der Waals surface area contributed by atoms with Gasteiger partial charge in [0.2, 0.25) is 39.5 Å². The van der Waals surface area contributed by atoms with E-state index in [0.717, 1.165) is 18.4 Å². The van der Waals surface area contributed by atoms with E-state index in [0.29, 0.717) is 78.0 Å². The second kappa shape index (κ2) is 37.9. The van der Waals surface area contributed by atoms with Crippen molar-refractivity contribution < 1.29 is 78.9 Å². The molecule has 4 aromatic carbocycles. The van der Waals surface area contributed by atoms with Gasteiger partial charge < -0.3 is 53.0 Å². The van der Waals surface area contributed by atoms with Crippen LogP contribution in [0.3, 0.4) is 0 Å². The van der Waals surface area contributed by atoms with Crippen LogP contribution in [0.15, 0.2) is 107 Å². The Labute approximate surface area is 609 Å². The fourth-order valence-corrected chi connectivity index (χ4v) is 9.11. The quantitative estimate of drug-likeness (QED) is 0.0341. The third-order valence-electron chi connectivity index (χ3n) is 11.0. The molecule has 0 fully saturated rings. The molecule has 10 rings (SSSR count). The number of rotatable bonds is 16. The van der Waals surface area contributed by atoms with Gasteiger partial charge in [0.1, 0.15) is 89.9 Å². The third kappa shape index (κ3) is 25.6. The molecule has 0 unspecified atom stereocenters. The predicted molar refractivity (Wildman–Crippen MR) is 371 cm³/mol. The van der Waals surface area contributed by atoms with E-state index in [2.05, 4.69) is 35.0 Å². The smallest absolute Gasteiger partial charge is 0.240 e. The number of hydrogen-bond donors (Lipinski definition) is 5. The van der Waals surface area contributed by atoms with Gasteiger partial charge in [0.25, 0.3) is 0 Å². The highest BCUT2D eigenvalue weighted by molar-refractivity contribution is 7.92. The number of anilines is 2. The van der Waals surface area contributed by atoms with Crippen molar-refractivity contribution in [3.8, 4) is 75.9 Å². The van der Waals surface area contributed by atoms with Crippen LogP contribution < -0.4 is 49.1 Å². The van der Waals surface area contributed by atoms with Crippen molar-refractivity contribution in [2.24, 2.45) is 0 Å². The number of hydrogen-bond acceptors (Lipinski definition) is 23. The van der Waals surface area contributed by atoms with Crippen LogP contribution in [0, 0.1) is 40.1 Å². The van der Waals surface area contributed by atoms with Crippen molar-refractivity contribution in [3.63, 3.8) is 0 Å². The molecule has 6 aromatic heterocycles. The molecule has 0 saturated carbocycles. The second-order valence-electron chi connectivity index (χ2n) is 20.8. The SMILES string of the molecule is CC(=O)NO.CC(C)Oc1ncc(O)cc1Cl.CC(C)Oc1ncc(Oc2cc(F)c(C#N)cc2Cl)cc1Cl.CC(C)Oc1ncc(Oc2cc3onc(N)c3cc2Cl)cc1Cl.CC(C)Oc1ncc(Oc2cc3onc(NS(C)(=O)=O)c3cc2Cl)cc1Cl.N#Cc1cc(Cl)c(F)cc1F. The Hall–Kier alpha value is -9.11. The Kier molecular flexibility index (Phi) is 30.9. The van der Waals surface area contributed by atoms with Crippen molar-refractivity contribution in [2.75, 3.05) is 16.7 Å². The summed E-state index contributed by atoms with van der Waals surface area (Å²) in [7, 11) is -3.51. The first-order valence-electron chi connectivity index (χ1n) is 28.2. The van der Waals surface area contributed by atoms with E-state index < -0.39 is 33.4 Å². The molecule has 10 aromatic rings. The lowest BCUT2D eigenvalue weighted by Crippen LogP contribution is -2.12. The largest absolute Gasteiger partial charge is 0.506 e. The first-order chi connectivity index (χ1) is 47.0. The summed E-state index contributed by atoms with van der Waals surface area (Å²) in [6.07, 6.45) is 6.49. The summed E-state index contributed by atoms with van der Waals surface area (Å²) in [6, 6.07) is 19.2. The van der Waals surface area contributed by atoms with Crippen molar-refractivity contribution in [1.82, 2.24) is 35.7 Å². The topological polar surface area (TPSA) is 358 Å². The Bertz CT molecular complexity index is 4720. The minimum Gasteiger partial charge on any atom is -0.506 e. The van der Waals surface area contributed by atoms with Crippen molar-refractivity contribution in [2.45, 2.75) is 86.7 Å². The van der Waals surface area contributed by atoms with Gasteiger partial charge >= 0.3 is 0 Å². The van der Waals surface area contributed by atoms with Crippen molar-refractivity contribution in [3.05, 3.63) is 166 Å². The van der Waals surface area contributed by atoms with Gasteiger partial charge in [0, 0.05) is 55.5 Å². The van der Waals surface area contributed by atoms with E-state index in [9.17, 15) is 26.4 Å². The molecule has 6 N–H and O–H groups in total. The number of nitrogens with two attached hydrogens (primary N) is 1. The number of carbonyl (C=O) groups is 1. The maximum absolute atomic E-state index is 13.6. The van der Waals surface area contributed by atoms with Crippen LogP contribution in [-0.4, -0.2) is 85.6 Å². The number of nitrogen functional groups attached to an aromatic ring is 1. The van der Waals surface area contributed by atoms with Crippen LogP contribution in [0.4, 0.5) is 24.8 Å². The summed E-state index contributed by atoms with van der Waals surface area (Å²) >= 11 is 47.7. The Morgan fingerprint density at radius 1 is 0.520 bits per heavy atom. The molecule has 0 aliphatic carbocycles. The number of benzene rings is 4. The molecule has 25 nitrogen and oxygen atoms in total. The number of aromatic nitrogens is 6. The molecule has 0 spiro atoms. The van der Waals surface area contributed by atoms with Gasteiger partial charge in [-0.1, -0.05) is 103 Å². The molecular formula is C63H56Cl8F3N11O14S. The van der Waals surface area contributed by atoms with Gasteiger partial charge in [-0.25, -0.2) is 47.0 Å². The van der Waals surface area contributed by atoms with Crippen molar-refractivity contribution >= 4 is 142 Å². The summed E-state index contributed by atoms with van der Waals surface area (Å²) in [4.78, 5) is 25.5. The second-order valence-corrected chi connectivity index (χ2v) is 25.8. The molecule has 0 bridgehead atoms. The molecule has 37 heteroatoms. The number of fused-ring (bicyclic) bond motifs is 2. The monoisotopic (exact) mass is 1560 g/mol. The number of nitrogens with zero attached hydrogens (tertiary/aromatic N) is 8. The van der Waals surface area contributed by atoms with E-state index in [1.807, 2.05) is 55.4 Å². The number of aromatic hydroxyl groups is 1. The Morgan fingerprint density at radius 2 is 0.870 bits per heavy atom. The zero-order valence-electron chi connectivity index (χ0n) is 53.6. The van der Waals surface area contributed by atoms with Gasteiger partial charge in [-0.2, -0.15) is 10.5 Å². The Balaban J connectivity index is 0.000000229. The molecule has 0 aliphatic heterocycles. The van der Waals surface area contributed by atoms with Crippen LogP contribution in [0.1, 0.15) is 73.4 Å². The average Bonchev–Trinajstić information content (AvgIpc) is 1.61. The normalized spacial score (nSPS) is 10.6. The number of nitriles is 2. The summed E-state index contributed by atoms with van der Waals surface area (Å²) in [5.74, 6) is 0.448. The molecule has 100 heavy (non-hydrogen) atoms. The highest BCUT2D eigenvalue weighted by atomic mass is 35.5. The number of nitrogens with one attached hydrogen (secondary N) is 2. The highest BCUT2D eigenvalue weighted by Crippen LogP contribution is 2.40. The number of halogens is 11. The van der Waals surface area contributed by atoms with Gasteiger partial charge in [0.15, 0.2) is 22.8 Å². The van der Waals surface area contributed by atoms with E-state index in [1.54, 1.807) is 30.3 Å². The maximum Gasteiger partial charge on any atom is 0.240 e. The third-order valence-corrected chi connectivity index (χ3v) is 13.8.